The van der Waals surface area contributed by atoms with E-state index in [-0.39, 0.29) is 17.0 Å². The molecule has 1 saturated carbocycles. The van der Waals surface area contributed by atoms with Crippen molar-refractivity contribution in [1.29, 1.82) is 0 Å². The van der Waals surface area contributed by atoms with Crippen molar-refractivity contribution in [2.24, 2.45) is 5.41 Å². The Morgan fingerprint density at radius 2 is 1.88 bits per heavy atom. The van der Waals surface area contributed by atoms with Crippen LogP contribution in [0.15, 0.2) is 0 Å². The Labute approximate surface area is 60.6 Å². The monoisotopic (exact) mass is 177 g/mol. The lowest BCUT2D eigenvalue weighted by atomic mass is 10.1. The van der Waals surface area contributed by atoms with Gasteiger partial charge in [-0.05, 0) is 31.2 Å². The van der Waals surface area contributed by atoms with Crippen LogP contribution in [0.1, 0.15) is 19.3 Å². The smallest absolute Gasteiger partial charge is 0.000829 e. The summed E-state index contributed by atoms with van der Waals surface area (Å²) in [5.41, 5.74) is 0.833. The molecule has 0 amide bonds. The van der Waals surface area contributed by atoms with Gasteiger partial charge in [0.05, 0.1) is 0 Å². The SMILES string of the molecule is Br.C1CC2(CC2)CN1. The van der Waals surface area contributed by atoms with Gasteiger partial charge < -0.3 is 5.32 Å². The van der Waals surface area contributed by atoms with Crippen LogP contribution in [-0.2, 0) is 0 Å². The Bertz CT molecular complexity index is 80.5. The Hall–Kier alpha value is 0.440. The van der Waals surface area contributed by atoms with E-state index in [1.807, 2.05) is 0 Å². The summed E-state index contributed by atoms with van der Waals surface area (Å²) in [5, 5.41) is 3.38. The second-order valence-electron chi connectivity index (χ2n) is 2.93. The number of hydrogen-bond donors (Lipinski definition) is 1. The van der Waals surface area contributed by atoms with Crippen molar-refractivity contribution in [3.8, 4) is 0 Å². The lowest BCUT2D eigenvalue weighted by Gasteiger charge is -1.96. The van der Waals surface area contributed by atoms with Crippen molar-refractivity contribution < 1.29 is 0 Å². The van der Waals surface area contributed by atoms with Gasteiger partial charge in [-0.2, -0.15) is 0 Å². The molecule has 0 aromatic carbocycles. The molecule has 2 heteroatoms. The van der Waals surface area contributed by atoms with Gasteiger partial charge in [-0.15, -0.1) is 17.0 Å². The summed E-state index contributed by atoms with van der Waals surface area (Å²) in [6.07, 6.45) is 4.45. The van der Waals surface area contributed by atoms with E-state index in [4.69, 9.17) is 0 Å². The summed E-state index contributed by atoms with van der Waals surface area (Å²) < 4.78 is 0. The minimum atomic E-state index is 0. The molecule has 2 fully saturated rings. The molecule has 0 radical (unpaired) electrons. The molecular formula is C6H12BrN. The third-order valence-corrected chi connectivity index (χ3v) is 2.29. The second-order valence-corrected chi connectivity index (χ2v) is 2.93. The number of nitrogens with one attached hydrogen (secondary N) is 1. The Morgan fingerprint density at radius 1 is 1.12 bits per heavy atom. The Balaban J connectivity index is 0.000000320. The summed E-state index contributed by atoms with van der Waals surface area (Å²) in [7, 11) is 0. The molecule has 1 aliphatic carbocycles. The standard InChI is InChI=1S/C6H11N.BrH/c1-2-6(1)3-4-7-5-6;/h7H,1-5H2;1H. The summed E-state index contributed by atoms with van der Waals surface area (Å²) >= 11 is 0. The average Bonchev–Trinajstić information content (AvgIpc) is 2.15. The van der Waals surface area contributed by atoms with E-state index in [9.17, 15) is 0 Å². The van der Waals surface area contributed by atoms with Gasteiger partial charge in [-0.1, -0.05) is 0 Å². The molecule has 1 aliphatic heterocycles. The first-order valence-electron chi connectivity index (χ1n) is 3.12. The van der Waals surface area contributed by atoms with Gasteiger partial charge in [0.15, 0.2) is 0 Å². The van der Waals surface area contributed by atoms with Gasteiger partial charge >= 0.3 is 0 Å². The highest BCUT2D eigenvalue weighted by molar-refractivity contribution is 8.93. The molecule has 0 atom stereocenters. The highest BCUT2D eigenvalue weighted by atomic mass is 79.9. The van der Waals surface area contributed by atoms with Crippen LogP contribution in [0.2, 0.25) is 0 Å². The highest BCUT2D eigenvalue weighted by Crippen LogP contribution is 2.49. The first-order chi connectivity index (χ1) is 3.41. The Kier molecular flexibility index (Phi) is 1.63. The molecule has 8 heavy (non-hydrogen) atoms. The largest absolute Gasteiger partial charge is 0.316 e. The van der Waals surface area contributed by atoms with E-state index in [0.717, 1.165) is 5.41 Å². The molecule has 1 saturated heterocycles. The molecule has 2 aliphatic rings. The first kappa shape index (κ1) is 6.56. The average molecular weight is 178 g/mol. The molecule has 0 aromatic rings. The summed E-state index contributed by atoms with van der Waals surface area (Å²) in [6, 6.07) is 0. The molecule has 0 aromatic heterocycles. The molecule has 1 spiro atoms. The van der Waals surface area contributed by atoms with E-state index in [2.05, 4.69) is 5.32 Å². The van der Waals surface area contributed by atoms with Gasteiger partial charge in [0.1, 0.15) is 0 Å². The highest BCUT2D eigenvalue weighted by Gasteiger charge is 2.44. The van der Waals surface area contributed by atoms with E-state index in [1.54, 1.807) is 0 Å². The van der Waals surface area contributed by atoms with Crippen molar-refractivity contribution in [2.45, 2.75) is 19.3 Å². The van der Waals surface area contributed by atoms with Crippen LogP contribution in [0.4, 0.5) is 0 Å². The zero-order valence-corrected chi connectivity index (χ0v) is 6.66. The molecule has 0 unspecified atom stereocenters. The van der Waals surface area contributed by atoms with Gasteiger partial charge in [0, 0.05) is 6.54 Å². The molecule has 1 nitrogen and oxygen atoms in total. The fourth-order valence-corrected chi connectivity index (χ4v) is 1.40. The van der Waals surface area contributed by atoms with Gasteiger partial charge in [0.25, 0.3) is 0 Å². The topological polar surface area (TPSA) is 12.0 Å². The van der Waals surface area contributed by atoms with E-state index in [0.29, 0.717) is 0 Å². The molecule has 1 heterocycles. The van der Waals surface area contributed by atoms with E-state index in [1.165, 1.54) is 32.4 Å². The maximum Gasteiger partial charge on any atom is 0.000829 e. The van der Waals surface area contributed by atoms with E-state index >= 15 is 0 Å². The summed E-state index contributed by atoms with van der Waals surface area (Å²) in [6.45, 7) is 2.59. The van der Waals surface area contributed by atoms with Crippen LogP contribution < -0.4 is 5.32 Å². The fourth-order valence-electron chi connectivity index (χ4n) is 1.40. The lowest BCUT2D eigenvalue weighted by Crippen LogP contribution is -2.08. The quantitative estimate of drug-likeness (QED) is 0.590. The third-order valence-electron chi connectivity index (χ3n) is 2.29. The minimum absolute atomic E-state index is 0. The Morgan fingerprint density at radius 3 is 2.12 bits per heavy atom. The number of halogens is 1. The van der Waals surface area contributed by atoms with Crippen LogP contribution in [-0.4, -0.2) is 13.1 Å². The third kappa shape index (κ3) is 0.914. The number of rotatable bonds is 0. The van der Waals surface area contributed by atoms with Gasteiger partial charge in [0.2, 0.25) is 0 Å². The van der Waals surface area contributed by atoms with Crippen LogP contribution in [0, 0.1) is 5.41 Å². The zero-order chi connectivity index (χ0) is 4.74. The second kappa shape index (κ2) is 1.99. The normalized spacial score (nSPS) is 30.0. The fraction of sp³-hybridized carbons (Fsp3) is 1.00. The molecule has 1 N–H and O–H groups in total. The summed E-state index contributed by atoms with van der Waals surface area (Å²) in [5.74, 6) is 0. The lowest BCUT2D eigenvalue weighted by molar-refractivity contribution is 0.574. The number of hydrogen-bond acceptors (Lipinski definition) is 1. The van der Waals surface area contributed by atoms with Crippen LogP contribution >= 0.6 is 17.0 Å². The van der Waals surface area contributed by atoms with Gasteiger partial charge in [-0.3, -0.25) is 0 Å². The first-order valence-corrected chi connectivity index (χ1v) is 3.12. The maximum absolute atomic E-state index is 3.38. The molecular weight excluding hydrogens is 166 g/mol. The zero-order valence-electron chi connectivity index (χ0n) is 4.94. The summed E-state index contributed by atoms with van der Waals surface area (Å²) in [4.78, 5) is 0. The van der Waals surface area contributed by atoms with Crippen molar-refractivity contribution in [2.75, 3.05) is 13.1 Å². The van der Waals surface area contributed by atoms with Gasteiger partial charge in [-0.25, -0.2) is 0 Å². The van der Waals surface area contributed by atoms with Crippen molar-refractivity contribution in [3.05, 3.63) is 0 Å². The predicted molar refractivity (Wildman–Crippen MR) is 39.5 cm³/mol. The molecule has 48 valence electrons. The van der Waals surface area contributed by atoms with Crippen molar-refractivity contribution >= 4 is 17.0 Å². The molecule has 2 rings (SSSR count). The van der Waals surface area contributed by atoms with Crippen molar-refractivity contribution in [1.82, 2.24) is 5.32 Å². The molecule has 0 bridgehead atoms. The van der Waals surface area contributed by atoms with Crippen LogP contribution in [0.5, 0.6) is 0 Å². The van der Waals surface area contributed by atoms with Crippen molar-refractivity contribution in [3.63, 3.8) is 0 Å². The predicted octanol–water partition coefficient (Wildman–Crippen LogP) is 1.34. The van der Waals surface area contributed by atoms with E-state index < -0.39 is 0 Å². The van der Waals surface area contributed by atoms with Crippen LogP contribution in [0.25, 0.3) is 0 Å². The maximum atomic E-state index is 3.38. The minimum Gasteiger partial charge on any atom is -0.316 e. The van der Waals surface area contributed by atoms with Crippen LogP contribution in [0.3, 0.4) is 0 Å².